The lowest BCUT2D eigenvalue weighted by molar-refractivity contribution is 0.933. The van der Waals surface area contributed by atoms with E-state index >= 15 is 0 Å². The summed E-state index contributed by atoms with van der Waals surface area (Å²) in [7, 11) is 0. The Morgan fingerprint density at radius 1 is 1.24 bits per heavy atom. The first-order valence-corrected chi connectivity index (χ1v) is 5.55. The second-order valence-electron chi connectivity index (χ2n) is 3.77. The van der Waals surface area contributed by atoms with E-state index in [-0.39, 0.29) is 0 Å². The van der Waals surface area contributed by atoms with Crippen molar-refractivity contribution in [3.05, 3.63) is 47.5 Å². The number of nitrogens with zero attached hydrogens (tertiary/aromatic N) is 4. The molecule has 84 valence electrons. The number of hydrogen-bond donors (Lipinski definition) is 0. The normalized spacial score (nSPS) is 10.9. The molecule has 0 bridgehead atoms. The lowest BCUT2D eigenvalue weighted by Gasteiger charge is -2.02. The minimum absolute atomic E-state index is 0.491. The molecule has 3 heterocycles. The van der Waals surface area contributed by atoms with Gasteiger partial charge in [0, 0.05) is 18.0 Å². The minimum Gasteiger partial charge on any atom is -0.265 e. The van der Waals surface area contributed by atoms with Gasteiger partial charge < -0.3 is 0 Å². The van der Waals surface area contributed by atoms with Crippen LogP contribution in [0.4, 0.5) is 0 Å². The molecule has 5 heteroatoms. The molecule has 0 radical (unpaired) electrons. The van der Waals surface area contributed by atoms with Gasteiger partial charge in [-0.15, -0.1) is 0 Å². The van der Waals surface area contributed by atoms with Crippen molar-refractivity contribution < 1.29 is 0 Å². The average Bonchev–Trinajstić information content (AvgIpc) is 2.74. The first-order valence-electron chi connectivity index (χ1n) is 5.17. The zero-order valence-electron chi connectivity index (χ0n) is 9.13. The van der Waals surface area contributed by atoms with E-state index in [0.29, 0.717) is 5.15 Å². The number of fused-ring (bicyclic) bond motifs is 1. The Morgan fingerprint density at radius 2 is 2.00 bits per heavy atom. The summed E-state index contributed by atoms with van der Waals surface area (Å²) < 4.78 is 1.74. The quantitative estimate of drug-likeness (QED) is 0.661. The van der Waals surface area contributed by atoms with E-state index in [0.717, 1.165) is 22.5 Å². The first kappa shape index (κ1) is 10.2. The first-order chi connectivity index (χ1) is 8.25. The predicted molar refractivity (Wildman–Crippen MR) is 66.0 cm³/mol. The van der Waals surface area contributed by atoms with Gasteiger partial charge in [-0.05, 0) is 30.7 Å². The maximum absolute atomic E-state index is 6.03. The number of rotatable bonds is 1. The van der Waals surface area contributed by atoms with Gasteiger partial charge in [-0.2, -0.15) is 5.10 Å². The molecule has 0 aliphatic carbocycles. The molecule has 3 rings (SSSR count). The van der Waals surface area contributed by atoms with Gasteiger partial charge in [-0.1, -0.05) is 11.6 Å². The molecular formula is C12H9ClN4. The molecule has 0 saturated heterocycles. The van der Waals surface area contributed by atoms with Crippen molar-refractivity contribution in [1.82, 2.24) is 19.6 Å². The Morgan fingerprint density at radius 3 is 2.76 bits per heavy atom. The number of hydrogen-bond acceptors (Lipinski definition) is 3. The Kier molecular flexibility index (Phi) is 2.30. The fraction of sp³-hybridized carbons (Fsp3) is 0.0833. The number of aryl methyl sites for hydroxylation is 1. The lowest BCUT2D eigenvalue weighted by atomic mass is 10.2. The predicted octanol–water partition coefficient (Wildman–Crippen LogP) is 2.75. The van der Waals surface area contributed by atoms with Crippen molar-refractivity contribution >= 4 is 17.2 Å². The Labute approximate surface area is 103 Å². The molecule has 0 atom stereocenters. The van der Waals surface area contributed by atoms with Gasteiger partial charge in [0.25, 0.3) is 0 Å². The highest BCUT2D eigenvalue weighted by atomic mass is 35.5. The summed E-state index contributed by atoms with van der Waals surface area (Å²) in [5.74, 6) is 0. The Balaban J connectivity index is 2.29. The van der Waals surface area contributed by atoms with Gasteiger partial charge in [0.15, 0.2) is 10.8 Å². The van der Waals surface area contributed by atoms with E-state index in [1.165, 1.54) is 0 Å². The van der Waals surface area contributed by atoms with Crippen molar-refractivity contribution in [1.29, 1.82) is 0 Å². The smallest absolute Gasteiger partial charge is 0.154 e. The summed E-state index contributed by atoms with van der Waals surface area (Å²) in [6, 6.07) is 5.75. The van der Waals surface area contributed by atoms with Crippen LogP contribution in [0, 0.1) is 6.92 Å². The van der Waals surface area contributed by atoms with Crippen molar-refractivity contribution in [2.24, 2.45) is 0 Å². The third kappa shape index (κ3) is 1.66. The molecule has 4 nitrogen and oxygen atoms in total. The lowest BCUT2D eigenvalue weighted by Crippen LogP contribution is -1.96. The summed E-state index contributed by atoms with van der Waals surface area (Å²) >= 11 is 6.03. The molecule has 0 saturated carbocycles. The summed E-state index contributed by atoms with van der Waals surface area (Å²) in [4.78, 5) is 8.31. The molecule has 17 heavy (non-hydrogen) atoms. The highest BCUT2D eigenvalue weighted by molar-refractivity contribution is 6.30. The van der Waals surface area contributed by atoms with Gasteiger partial charge >= 0.3 is 0 Å². The van der Waals surface area contributed by atoms with Crippen molar-refractivity contribution in [2.45, 2.75) is 6.92 Å². The van der Waals surface area contributed by atoms with Crippen LogP contribution in [0.25, 0.3) is 16.9 Å². The second-order valence-corrected chi connectivity index (χ2v) is 4.13. The second kappa shape index (κ2) is 3.82. The summed E-state index contributed by atoms with van der Waals surface area (Å²) in [5, 5.41) is 4.80. The molecule has 0 N–H and O–H groups in total. The molecular weight excluding hydrogens is 236 g/mol. The van der Waals surface area contributed by atoms with Crippen LogP contribution in [0.3, 0.4) is 0 Å². The van der Waals surface area contributed by atoms with Gasteiger partial charge in [0.2, 0.25) is 0 Å². The summed E-state index contributed by atoms with van der Waals surface area (Å²) in [6.45, 7) is 1.91. The van der Waals surface area contributed by atoms with Gasteiger partial charge in [0.1, 0.15) is 0 Å². The van der Waals surface area contributed by atoms with Gasteiger partial charge in [-0.3, -0.25) is 4.98 Å². The third-order valence-electron chi connectivity index (χ3n) is 2.60. The van der Waals surface area contributed by atoms with E-state index in [4.69, 9.17) is 11.6 Å². The molecule has 0 aromatic carbocycles. The highest BCUT2D eigenvalue weighted by Gasteiger charge is 2.08. The van der Waals surface area contributed by atoms with Crippen LogP contribution >= 0.6 is 11.6 Å². The van der Waals surface area contributed by atoms with Crippen LogP contribution < -0.4 is 0 Å². The van der Waals surface area contributed by atoms with Gasteiger partial charge in [-0.25, -0.2) is 9.50 Å². The van der Waals surface area contributed by atoms with Crippen LogP contribution in [0.5, 0.6) is 0 Å². The molecule has 0 amide bonds. The number of pyridine rings is 1. The van der Waals surface area contributed by atoms with E-state index in [1.807, 2.05) is 25.1 Å². The minimum atomic E-state index is 0.491. The van der Waals surface area contributed by atoms with Crippen molar-refractivity contribution in [3.63, 3.8) is 0 Å². The van der Waals surface area contributed by atoms with Crippen LogP contribution in [-0.2, 0) is 0 Å². The molecule has 0 spiro atoms. The number of aromatic nitrogens is 4. The molecule has 0 aliphatic heterocycles. The fourth-order valence-electron chi connectivity index (χ4n) is 1.70. The molecule has 3 aromatic heterocycles. The molecule has 0 fully saturated rings. The highest BCUT2D eigenvalue weighted by Crippen LogP contribution is 2.21. The van der Waals surface area contributed by atoms with E-state index in [1.54, 1.807) is 23.1 Å². The Bertz CT molecular complexity index is 676. The zero-order valence-corrected chi connectivity index (χ0v) is 9.89. The summed E-state index contributed by atoms with van der Waals surface area (Å²) in [6.07, 6.45) is 5.27. The fourth-order valence-corrected chi connectivity index (χ4v) is 1.83. The third-order valence-corrected chi connectivity index (χ3v) is 2.97. The Hall–Kier alpha value is -1.94. The monoisotopic (exact) mass is 244 g/mol. The van der Waals surface area contributed by atoms with Crippen molar-refractivity contribution in [3.8, 4) is 11.3 Å². The van der Waals surface area contributed by atoms with Crippen LogP contribution in [0.2, 0.25) is 5.15 Å². The SMILES string of the molecule is Cc1cc2ncc(-c3ccncc3)n2nc1Cl. The van der Waals surface area contributed by atoms with Crippen LogP contribution in [0.15, 0.2) is 36.8 Å². The van der Waals surface area contributed by atoms with E-state index in [2.05, 4.69) is 15.1 Å². The van der Waals surface area contributed by atoms with E-state index < -0.39 is 0 Å². The van der Waals surface area contributed by atoms with Crippen LogP contribution in [-0.4, -0.2) is 19.6 Å². The molecule has 0 aliphatic rings. The zero-order chi connectivity index (χ0) is 11.8. The largest absolute Gasteiger partial charge is 0.265 e. The van der Waals surface area contributed by atoms with E-state index in [9.17, 15) is 0 Å². The topological polar surface area (TPSA) is 43.1 Å². The standard InChI is InChI=1S/C12H9ClN4/c1-8-6-11-15-7-10(17(11)16-12(8)13)9-2-4-14-5-3-9/h2-7H,1H3. The van der Waals surface area contributed by atoms with Crippen molar-refractivity contribution in [2.75, 3.05) is 0 Å². The maximum atomic E-state index is 6.03. The average molecular weight is 245 g/mol. The molecule has 0 unspecified atom stereocenters. The molecule has 3 aromatic rings. The number of imidazole rings is 1. The summed E-state index contributed by atoms with van der Waals surface area (Å²) in [5.41, 5.74) is 3.63. The van der Waals surface area contributed by atoms with Crippen LogP contribution in [0.1, 0.15) is 5.56 Å². The number of halogens is 1. The maximum Gasteiger partial charge on any atom is 0.154 e. The van der Waals surface area contributed by atoms with Gasteiger partial charge in [0.05, 0.1) is 11.9 Å².